The van der Waals surface area contributed by atoms with Crippen LogP contribution in [0.3, 0.4) is 0 Å². The first kappa shape index (κ1) is 14.0. The van der Waals surface area contributed by atoms with Crippen molar-refractivity contribution in [2.75, 3.05) is 18.3 Å². The van der Waals surface area contributed by atoms with Gasteiger partial charge in [0, 0.05) is 7.05 Å². The smallest absolute Gasteiger partial charge is 0.318 e. The third-order valence-electron chi connectivity index (χ3n) is 2.05. The van der Waals surface area contributed by atoms with E-state index in [2.05, 4.69) is 4.72 Å². The van der Waals surface area contributed by atoms with Crippen molar-refractivity contribution in [1.29, 1.82) is 5.26 Å². The van der Waals surface area contributed by atoms with Crippen LogP contribution in [-0.2, 0) is 15.0 Å². The second-order valence-corrected chi connectivity index (χ2v) is 5.19. The van der Waals surface area contributed by atoms with Gasteiger partial charge < -0.3 is 5.11 Å². The number of aliphatic carboxylic acids is 1. The number of nitrogens with one attached hydrogen (secondary N) is 1. The molecule has 18 heavy (non-hydrogen) atoms. The summed E-state index contributed by atoms with van der Waals surface area (Å²) < 4.78 is 26.3. The SMILES string of the molecule is CN(CC(=O)O)S(=O)(=O)Nc1ccccc1C#N. The largest absolute Gasteiger partial charge is 0.480 e. The number of carboxylic acids is 1. The fraction of sp³-hybridized carbons (Fsp3) is 0.200. The van der Waals surface area contributed by atoms with Crippen LogP contribution in [0.4, 0.5) is 5.69 Å². The zero-order chi connectivity index (χ0) is 13.8. The summed E-state index contributed by atoms with van der Waals surface area (Å²) in [7, 11) is -2.86. The zero-order valence-electron chi connectivity index (χ0n) is 9.49. The monoisotopic (exact) mass is 269 g/mol. The zero-order valence-corrected chi connectivity index (χ0v) is 10.3. The molecule has 0 saturated heterocycles. The molecule has 0 unspecified atom stereocenters. The maximum Gasteiger partial charge on any atom is 0.318 e. The van der Waals surface area contributed by atoms with E-state index in [9.17, 15) is 13.2 Å². The van der Waals surface area contributed by atoms with E-state index in [1.807, 2.05) is 6.07 Å². The van der Waals surface area contributed by atoms with E-state index in [4.69, 9.17) is 10.4 Å². The van der Waals surface area contributed by atoms with Crippen LogP contribution in [0.15, 0.2) is 24.3 Å². The van der Waals surface area contributed by atoms with Crippen molar-refractivity contribution < 1.29 is 18.3 Å². The van der Waals surface area contributed by atoms with Crippen LogP contribution in [-0.4, -0.2) is 37.4 Å². The third-order valence-corrected chi connectivity index (χ3v) is 3.48. The Labute approximate surface area is 104 Å². The van der Waals surface area contributed by atoms with Gasteiger partial charge in [-0.15, -0.1) is 0 Å². The van der Waals surface area contributed by atoms with Crippen LogP contribution >= 0.6 is 0 Å². The van der Waals surface area contributed by atoms with Crippen molar-refractivity contribution in [3.05, 3.63) is 29.8 Å². The Morgan fingerprint density at radius 3 is 2.67 bits per heavy atom. The van der Waals surface area contributed by atoms with E-state index >= 15 is 0 Å². The molecule has 1 aromatic rings. The molecule has 0 bridgehead atoms. The van der Waals surface area contributed by atoms with E-state index in [1.54, 1.807) is 12.1 Å². The van der Waals surface area contributed by atoms with Crippen molar-refractivity contribution in [3.63, 3.8) is 0 Å². The minimum Gasteiger partial charge on any atom is -0.480 e. The molecule has 7 nitrogen and oxygen atoms in total. The van der Waals surface area contributed by atoms with Crippen LogP contribution in [0.25, 0.3) is 0 Å². The van der Waals surface area contributed by atoms with Crippen molar-refractivity contribution >= 4 is 21.9 Å². The first-order chi connectivity index (χ1) is 8.36. The maximum absolute atomic E-state index is 11.7. The summed E-state index contributed by atoms with van der Waals surface area (Å²) in [5.41, 5.74) is 0.266. The molecule has 0 atom stereocenters. The van der Waals surface area contributed by atoms with Gasteiger partial charge in [0.2, 0.25) is 0 Å². The molecule has 1 aromatic carbocycles. The van der Waals surface area contributed by atoms with E-state index in [0.29, 0.717) is 4.31 Å². The van der Waals surface area contributed by atoms with E-state index in [-0.39, 0.29) is 11.3 Å². The molecule has 0 radical (unpaired) electrons. The van der Waals surface area contributed by atoms with E-state index < -0.39 is 22.7 Å². The van der Waals surface area contributed by atoms with Crippen molar-refractivity contribution in [1.82, 2.24) is 4.31 Å². The highest BCUT2D eigenvalue weighted by molar-refractivity contribution is 7.90. The summed E-state index contributed by atoms with van der Waals surface area (Å²) in [6, 6.07) is 7.87. The molecule has 2 N–H and O–H groups in total. The minimum atomic E-state index is -3.99. The van der Waals surface area contributed by atoms with Gasteiger partial charge in [-0.3, -0.25) is 9.52 Å². The summed E-state index contributed by atoms with van der Waals surface area (Å²) in [4.78, 5) is 10.4. The molecule has 0 aliphatic carbocycles. The summed E-state index contributed by atoms with van der Waals surface area (Å²) in [6.45, 7) is -0.663. The minimum absolute atomic E-state index is 0.109. The molecule has 0 aliphatic rings. The lowest BCUT2D eigenvalue weighted by atomic mass is 10.2. The summed E-state index contributed by atoms with van der Waals surface area (Å²) >= 11 is 0. The summed E-state index contributed by atoms with van der Waals surface area (Å²) in [6.07, 6.45) is 0. The van der Waals surface area contributed by atoms with Crippen molar-refractivity contribution in [2.45, 2.75) is 0 Å². The molecule has 0 spiro atoms. The Kier molecular flexibility index (Phi) is 4.25. The number of carbonyl (C=O) groups is 1. The molecule has 8 heteroatoms. The van der Waals surface area contributed by atoms with Crippen LogP contribution < -0.4 is 4.72 Å². The number of para-hydroxylation sites is 1. The van der Waals surface area contributed by atoms with Gasteiger partial charge in [0.15, 0.2) is 0 Å². The van der Waals surface area contributed by atoms with E-state index in [1.165, 1.54) is 12.1 Å². The number of hydrogen-bond acceptors (Lipinski definition) is 4. The molecule has 0 aliphatic heterocycles. The molecular weight excluding hydrogens is 258 g/mol. The third kappa shape index (κ3) is 3.44. The number of nitrogens with zero attached hydrogens (tertiary/aromatic N) is 2. The summed E-state index contributed by atoms with van der Waals surface area (Å²) in [5, 5.41) is 17.3. The highest BCUT2D eigenvalue weighted by Gasteiger charge is 2.20. The average molecular weight is 269 g/mol. The molecule has 0 amide bonds. The fourth-order valence-electron chi connectivity index (χ4n) is 1.16. The van der Waals surface area contributed by atoms with Gasteiger partial charge >= 0.3 is 16.2 Å². The Morgan fingerprint density at radius 1 is 1.50 bits per heavy atom. The predicted octanol–water partition coefficient (Wildman–Crippen LogP) is 0.231. The molecular formula is C10H11N3O4S. The van der Waals surface area contributed by atoms with Crippen LogP contribution in [0.2, 0.25) is 0 Å². The van der Waals surface area contributed by atoms with Gasteiger partial charge in [0.05, 0.1) is 11.3 Å². The Balaban J connectivity index is 2.96. The van der Waals surface area contributed by atoms with Gasteiger partial charge in [-0.25, -0.2) is 0 Å². The number of anilines is 1. The molecule has 96 valence electrons. The molecule has 1 rings (SSSR count). The van der Waals surface area contributed by atoms with Crippen LogP contribution in [0.1, 0.15) is 5.56 Å². The lowest BCUT2D eigenvalue weighted by Gasteiger charge is -2.16. The number of hydrogen-bond donors (Lipinski definition) is 2. The standard InChI is InChI=1S/C10H11N3O4S/c1-13(7-10(14)15)18(16,17)12-9-5-3-2-4-8(9)6-11/h2-5,12H,7H2,1H3,(H,14,15). The second kappa shape index (κ2) is 5.48. The van der Waals surface area contributed by atoms with Gasteiger partial charge in [0.1, 0.15) is 12.6 Å². The Morgan fingerprint density at radius 2 is 2.11 bits per heavy atom. The summed E-state index contributed by atoms with van der Waals surface area (Å²) in [5.74, 6) is -1.27. The van der Waals surface area contributed by atoms with E-state index in [0.717, 1.165) is 7.05 Å². The van der Waals surface area contributed by atoms with Gasteiger partial charge in [-0.05, 0) is 12.1 Å². The number of carboxylic acid groups (broad SMARTS) is 1. The number of likely N-dealkylation sites (N-methyl/N-ethyl adjacent to an activating group) is 1. The first-order valence-corrected chi connectivity index (χ1v) is 6.26. The fourth-order valence-corrected chi connectivity index (χ4v) is 2.05. The highest BCUT2D eigenvalue weighted by atomic mass is 32.2. The molecule has 0 aromatic heterocycles. The first-order valence-electron chi connectivity index (χ1n) is 4.82. The number of benzene rings is 1. The average Bonchev–Trinajstić information content (AvgIpc) is 2.28. The molecule has 0 saturated carbocycles. The molecule has 0 fully saturated rings. The number of nitriles is 1. The van der Waals surface area contributed by atoms with Crippen LogP contribution in [0, 0.1) is 11.3 Å². The topological polar surface area (TPSA) is 110 Å². The van der Waals surface area contributed by atoms with Gasteiger partial charge in [-0.1, -0.05) is 12.1 Å². The second-order valence-electron chi connectivity index (χ2n) is 3.41. The lowest BCUT2D eigenvalue weighted by molar-refractivity contribution is -0.137. The number of rotatable bonds is 5. The predicted molar refractivity (Wildman–Crippen MR) is 64.0 cm³/mol. The van der Waals surface area contributed by atoms with Gasteiger partial charge in [-0.2, -0.15) is 18.0 Å². The quantitative estimate of drug-likeness (QED) is 0.795. The van der Waals surface area contributed by atoms with Crippen molar-refractivity contribution in [2.24, 2.45) is 0 Å². The maximum atomic E-state index is 11.7. The highest BCUT2D eigenvalue weighted by Crippen LogP contribution is 2.16. The Bertz CT molecular complexity index is 591. The van der Waals surface area contributed by atoms with Gasteiger partial charge in [0.25, 0.3) is 0 Å². The Hall–Kier alpha value is -2.11. The normalized spacial score (nSPS) is 10.9. The lowest BCUT2D eigenvalue weighted by Crippen LogP contribution is -2.36. The van der Waals surface area contributed by atoms with Crippen LogP contribution in [0.5, 0.6) is 0 Å². The molecule has 0 heterocycles. The van der Waals surface area contributed by atoms with Crippen molar-refractivity contribution in [3.8, 4) is 6.07 Å².